The predicted octanol–water partition coefficient (Wildman–Crippen LogP) is 3.60. The third kappa shape index (κ3) is 2.48. The van der Waals surface area contributed by atoms with Crippen molar-refractivity contribution < 1.29 is 13.5 Å². The number of fused-ring (bicyclic) bond motifs is 5. The Morgan fingerprint density at radius 1 is 1.19 bits per heavy atom. The molecule has 1 aromatic carbocycles. The number of ether oxygens (including phenoxy) is 1. The van der Waals surface area contributed by atoms with Crippen molar-refractivity contribution in [2.24, 2.45) is 5.41 Å². The van der Waals surface area contributed by atoms with Gasteiger partial charge in [-0.1, -0.05) is 19.9 Å². The molecule has 0 radical (unpaired) electrons. The molecule has 1 aliphatic heterocycles. The van der Waals surface area contributed by atoms with E-state index in [0.29, 0.717) is 13.2 Å². The molecule has 32 heavy (non-hydrogen) atoms. The van der Waals surface area contributed by atoms with E-state index >= 15 is 0 Å². The Labute approximate surface area is 184 Å². The van der Waals surface area contributed by atoms with E-state index < -0.39 is 11.6 Å². The Hall–Kier alpha value is -2.94. The zero-order valence-electron chi connectivity index (χ0n) is 18.0. The molecule has 1 N–H and O–H groups in total. The summed E-state index contributed by atoms with van der Waals surface area (Å²) in [5.74, 6) is -0.299. The van der Waals surface area contributed by atoms with E-state index in [4.69, 9.17) is 4.74 Å². The van der Waals surface area contributed by atoms with E-state index in [1.54, 1.807) is 0 Å². The molecular weight excluding hydrogens is 414 g/mol. The largest absolute Gasteiger partial charge is 0.374 e. The van der Waals surface area contributed by atoms with Crippen molar-refractivity contribution in [2.75, 3.05) is 24.6 Å². The monoisotopic (exact) mass is 438 g/mol. The second-order valence-electron chi connectivity index (χ2n) is 9.53. The fraction of sp³-hybridized carbons (Fsp3) is 0.478. The van der Waals surface area contributed by atoms with Gasteiger partial charge >= 0.3 is 0 Å². The molecule has 1 saturated carbocycles. The van der Waals surface area contributed by atoms with Crippen LogP contribution in [-0.4, -0.2) is 51.2 Å². The number of H-pyrrole nitrogens is 1. The van der Waals surface area contributed by atoms with Crippen LogP contribution in [0.15, 0.2) is 30.6 Å². The molecule has 0 amide bonds. The summed E-state index contributed by atoms with van der Waals surface area (Å²) in [6.07, 6.45) is 3.32. The summed E-state index contributed by atoms with van der Waals surface area (Å²) in [5.41, 5.74) is 1.60. The number of hydrogen-bond donors (Lipinski definition) is 1. The maximum atomic E-state index is 14.4. The molecular formula is C23H24F2N6O. The number of morpholine rings is 1. The van der Waals surface area contributed by atoms with Gasteiger partial charge in [0.1, 0.15) is 18.0 Å². The van der Waals surface area contributed by atoms with Gasteiger partial charge in [-0.25, -0.2) is 13.9 Å². The van der Waals surface area contributed by atoms with Crippen LogP contribution in [0.2, 0.25) is 0 Å². The Kier molecular flexibility index (Phi) is 4.18. The molecule has 166 valence electrons. The summed E-state index contributed by atoms with van der Waals surface area (Å²) in [6.45, 7) is 6.49. The molecule has 3 unspecified atom stereocenters. The quantitative estimate of drug-likeness (QED) is 0.673. The molecule has 9 heteroatoms. The second kappa shape index (κ2) is 6.78. The number of halogens is 2. The van der Waals surface area contributed by atoms with Crippen molar-refractivity contribution in [1.29, 1.82) is 0 Å². The molecule has 2 aliphatic carbocycles. The van der Waals surface area contributed by atoms with Crippen molar-refractivity contribution in [1.82, 2.24) is 25.4 Å². The first-order chi connectivity index (χ1) is 15.4. The highest BCUT2D eigenvalue weighted by atomic mass is 19.1. The SMILES string of the molecule is CC1(C)C2CCC1(C1CN(c3ncn[nH]3)CCO1)c1nnc(-c3c(F)cccc3F)cc12. The third-order valence-electron chi connectivity index (χ3n) is 8.01. The minimum Gasteiger partial charge on any atom is -0.374 e. The van der Waals surface area contributed by atoms with Crippen LogP contribution in [0.3, 0.4) is 0 Å². The van der Waals surface area contributed by atoms with Crippen molar-refractivity contribution in [2.45, 2.75) is 44.1 Å². The number of nitrogens with zero attached hydrogens (tertiary/aromatic N) is 5. The Balaban J connectivity index is 1.44. The average Bonchev–Trinajstić information content (AvgIpc) is 3.45. The number of aromatic amines is 1. The number of aromatic nitrogens is 5. The first-order valence-corrected chi connectivity index (χ1v) is 11.0. The van der Waals surface area contributed by atoms with Crippen molar-refractivity contribution >= 4 is 5.95 Å². The standard InChI is InChI=1S/C23H24F2N6O/c1-22(2)14-6-7-23(22,18-11-31(8-9-32-18)21-26-12-27-30-21)20-13(14)10-17(28-29-20)19-15(24)4-3-5-16(19)25/h3-5,10,12,14,18H,6-9,11H2,1-2H3,(H,26,27,30). The molecule has 6 rings (SSSR count). The van der Waals surface area contributed by atoms with Gasteiger partial charge in [-0.05, 0) is 47.9 Å². The molecule has 3 aliphatic rings. The van der Waals surface area contributed by atoms with Gasteiger partial charge in [0, 0.05) is 18.5 Å². The van der Waals surface area contributed by atoms with Gasteiger partial charge in [0.25, 0.3) is 0 Å². The van der Waals surface area contributed by atoms with Gasteiger partial charge in [-0.15, -0.1) is 0 Å². The number of nitrogens with one attached hydrogen (secondary N) is 1. The fourth-order valence-corrected chi connectivity index (χ4v) is 6.44. The third-order valence-corrected chi connectivity index (χ3v) is 8.01. The van der Waals surface area contributed by atoms with Crippen LogP contribution in [0, 0.1) is 17.0 Å². The summed E-state index contributed by atoms with van der Waals surface area (Å²) >= 11 is 0. The lowest BCUT2D eigenvalue weighted by atomic mass is 9.64. The summed E-state index contributed by atoms with van der Waals surface area (Å²) in [6, 6.07) is 5.70. The van der Waals surface area contributed by atoms with E-state index in [1.165, 1.54) is 24.5 Å². The van der Waals surface area contributed by atoms with Crippen molar-refractivity contribution in [3.05, 3.63) is 53.5 Å². The Morgan fingerprint density at radius 3 is 2.75 bits per heavy atom. The van der Waals surface area contributed by atoms with E-state index in [1.807, 2.05) is 6.07 Å². The summed E-state index contributed by atoms with van der Waals surface area (Å²) in [4.78, 5) is 6.47. The van der Waals surface area contributed by atoms with Crippen molar-refractivity contribution in [3.8, 4) is 11.3 Å². The molecule has 3 heterocycles. The smallest absolute Gasteiger partial charge is 0.221 e. The highest BCUT2D eigenvalue weighted by Gasteiger charge is 2.67. The molecule has 0 spiro atoms. The lowest BCUT2D eigenvalue weighted by Crippen LogP contribution is -2.56. The lowest BCUT2D eigenvalue weighted by Gasteiger charge is -2.47. The zero-order valence-corrected chi connectivity index (χ0v) is 18.0. The molecule has 2 bridgehead atoms. The van der Waals surface area contributed by atoms with E-state index in [-0.39, 0.29) is 34.1 Å². The first kappa shape index (κ1) is 19.7. The van der Waals surface area contributed by atoms with Crippen LogP contribution in [0.25, 0.3) is 11.3 Å². The molecule has 3 atom stereocenters. The molecule has 2 fully saturated rings. The van der Waals surface area contributed by atoms with Crippen LogP contribution in [0.1, 0.15) is 43.9 Å². The molecule has 2 aromatic heterocycles. The number of benzene rings is 1. The van der Waals surface area contributed by atoms with Gasteiger partial charge in [-0.3, -0.25) is 0 Å². The van der Waals surface area contributed by atoms with Gasteiger partial charge in [0.05, 0.1) is 29.7 Å². The van der Waals surface area contributed by atoms with Gasteiger partial charge in [0.15, 0.2) is 0 Å². The Bertz CT molecular complexity index is 1160. The minimum absolute atomic E-state index is 0.104. The fourth-order valence-electron chi connectivity index (χ4n) is 6.44. The van der Waals surface area contributed by atoms with Crippen LogP contribution in [0.4, 0.5) is 14.7 Å². The van der Waals surface area contributed by atoms with Crippen LogP contribution in [-0.2, 0) is 10.2 Å². The summed E-state index contributed by atoms with van der Waals surface area (Å²) in [5, 5.41) is 15.8. The summed E-state index contributed by atoms with van der Waals surface area (Å²) in [7, 11) is 0. The highest BCUT2D eigenvalue weighted by molar-refractivity contribution is 5.63. The van der Waals surface area contributed by atoms with Crippen molar-refractivity contribution in [3.63, 3.8) is 0 Å². The van der Waals surface area contributed by atoms with E-state index in [2.05, 4.69) is 44.1 Å². The molecule has 1 saturated heterocycles. The number of hydrogen-bond acceptors (Lipinski definition) is 6. The lowest BCUT2D eigenvalue weighted by molar-refractivity contribution is -0.0469. The average molecular weight is 438 g/mol. The summed E-state index contributed by atoms with van der Waals surface area (Å²) < 4.78 is 35.2. The zero-order chi connectivity index (χ0) is 22.1. The first-order valence-electron chi connectivity index (χ1n) is 11.0. The number of rotatable bonds is 3. The van der Waals surface area contributed by atoms with E-state index in [0.717, 1.165) is 36.6 Å². The molecule has 7 nitrogen and oxygen atoms in total. The van der Waals surface area contributed by atoms with E-state index in [9.17, 15) is 8.78 Å². The van der Waals surface area contributed by atoms with Crippen LogP contribution >= 0.6 is 0 Å². The molecule has 3 aromatic rings. The maximum absolute atomic E-state index is 14.4. The normalized spacial score (nSPS) is 28.2. The van der Waals surface area contributed by atoms with Gasteiger partial charge in [0.2, 0.25) is 5.95 Å². The Morgan fingerprint density at radius 2 is 2.00 bits per heavy atom. The van der Waals surface area contributed by atoms with Gasteiger partial charge in [-0.2, -0.15) is 20.3 Å². The second-order valence-corrected chi connectivity index (χ2v) is 9.53. The maximum Gasteiger partial charge on any atom is 0.221 e. The van der Waals surface area contributed by atoms with Gasteiger partial charge < -0.3 is 9.64 Å². The van der Waals surface area contributed by atoms with Crippen LogP contribution < -0.4 is 4.90 Å². The predicted molar refractivity (Wildman–Crippen MR) is 113 cm³/mol. The number of anilines is 1. The minimum atomic E-state index is -0.630. The highest BCUT2D eigenvalue weighted by Crippen LogP contribution is 2.69. The van der Waals surface area contributed by atoms with Crippen LogP contribution in [0.5, 0.6) is 0 Å². The topological polar surface area (TPSA) is 79.8 Å².